The summed E-state index contributed by atoms with van der Waals surface area (Å²) in [7, 11) is 1.57. The molecule has 2 N–H and O–H groups in total. The summed E-state index contributed by atoms with van der Waals surface area (Å²) in [6.45, 7) is 4.53. The third kappa shape index (κ3) is 3.14. The Hall–Kier alpha value is -2.37. The van der Waals surface area contributed by atoms with Crippen molar-refractivity contribution in [2.24, 2.45) is 0 Å². The number of hydrogen-bond acceptors (Lipinski definition) is 5. The van der Waals surface area contributed by atoms with E-state index in [2.05, 4.69) is 20.6 Å². The topological polar surface area (TPSA) is 59.1 Å². The summed E-state index contributed by atoms with van der Waals surface area (Å²) in [5, 5.41) is 5.88. The summed E-state index contributed by atoms with van der Waals surface area (Å²) in [6, 6.07) is 5.61. The summed E-state index contributed by atoms with van der Waals surface area (Å²) in [4.78, 5) is 7.96. The molecule has 1 aromatic heterocycles. The van der Waals surface area contributed by atoms with E-state index in [-0.39, 0.29) is 5.82 Å². The first-order valence-electron chi connectivity index (χ1n) is 6.32. The molecule has 2 aromatic rings. The number of aryl methyl sites for hydroxylation is 1. The number of rotatable bonds is 5. The summed E-state index contributed by atoms with van der Waals surface area (Å²) < 4.78 is 19.0. The second kappa shape index (κ2) is 6.18. The van der Waals surface area contributed by atoms with Gasteiger partial charge in [0.05, 0.1) is 19.0 Å². The van der Waals surface area contributed by atoms with Crippen molar-refractivity contribution in [2.45, 2.75) is 13.8 Å². The van der Waals surface area contributed by atoms with Crippen LogP contribution in [-0.4, -0.2) is 23.6 Å². The molecule has 0 aliphatic heterocycles. The first-order valence-corrected chi connectivity index (χ1v) is 6.32. The largest absolute Gasteiger partial charge is 0.495 e. The van der Waals surface area contributed by atoms with Crippen LogP contribution in [0, 0.1) is 12.7 Å². The van der Waals surface area contributed by atoms with Gasteiger partial charge in [-0.05, 0) is 31.5 Å². The van der Waals surface area contributed by atoms with Crippen LogP contribution < -0.4 is 15.4 Å². The lowest BCUT2D eigenvalue weighted by molar-refractivity contribution is 0.416. The van der Waals surface area contributed by atoms with E-state index in [9.17, 15) is 4.39 Å². The van der Waals surface area contributed by atoms with Crippen molar-refractivity contribution in [3.8, 4) is 5.75 Å². The maximum Gasteiger partial charge on any atom is 0.224 e. The van der Waals surface area contributed by atoms with Gasteiger partial charge in [0.15, 0.2) is 11.6 Å². The van der Waals surface area contributed by atoms with E-state index in [1.807, 2.05) is 32.0 Å². The molecular formula is C14H17FN4O. The lowest BCUT2D eigenvalue weighted by Gasteiger charge is -2.12. The zero-order valence-corrected chi connectivity index (χ0v) is 11.7. The number of nitrogens with zero attached hydrogens (tertiary/aromatic N) is 2. The lowest BCUT2D eigenvalue weighted by atomic mass is 10.2. The van der Waals surface area contributed by atoms with E-state index < -0.39 is 5.82 Å². The number of aromatic nitrogens is 2. The molecule has 0 spiro atoms. The Bertz CT molecular complexity index is 604. The van der Waals surface area contributed by atoms with Crippen molar-refractivity contribution in [1.29, 1.82) is 0 Å². The van der Waals surface area contributed by atoms with Gasteiger partial charge in [-0.15, -0.1) is 0 Å². The van der Waals surface area contributed by atoms with Crippen LogP contribution >= 0.6 is 0 Å². The first kappa shape index (κ1) is 14.0. The number of benzene rings is 1. The van der Waals surface area contributed by atoms with Crippen molar-refractivity contribution < 1.29 is 9.13 Å². The zero-order valence-electron chi connectivity index (χ0n) is 11.7. The van der Waals surface area contributed by atoms with Crippen LogP contribution in [0.4, 0.5) is 21.8 Å². The Morgan fingerprint density at radius 3 is 2.85 bits per heavy atom. The van der Waals surface area contributed by atoms with Crippen LogP contribution in [0.1, 0.15) is 12.5 Å². The smallest absolute Gasteiger partial charge is 0.224 e. The van der Waals surface area contributed by atoms with Gasteiger partial charge in [0.1, 0.15) is 5.75 Å². The molecule has 0 saturated carbocycles. The second-order valence-corrected chi connectivity index (χ2v) is 4.25. The minimum atomic E-state index is -0.518. The SMILES string of the molecule is CCNc1ncc(F)c(Nc2cc(C)ccc2OC)n1. The third-order valence-corrected chi connectivity index (χ3v) is 2.69. The Morgan fingerprint density at radius 2 is 2.15 bits per heavy atom. The molecule has 0 fully saturated rings. The molecule has 5 nitrogen and oxygen atoms in total. The van der Waals surface area contributed by atoms with E-state index in [0.29, 0.717) is 23.9 Å². The molecule has 0 bridgehead atoms. The molecule has 0 atom stereocenters. The van der Waals surface area contributed by atoms with Gasteiger partial charge in [0.25, 0.3) is 0 Å². The highest BCUT2D eigenvalue weighted by molar-refractivity contribution is 5.65. The minimum Gasteiger partial charge on any atom is -0.495 e. The van der Waals surface area contributed by atoms with Crippen molar-refractivity contribution >= 4 is 17.5 Å². The van der Waals surface area contributed by atoms with Crippen LogP contribution in [0.2, 0.25) is 0 Å². The van der Waals surface area contributed by atoms with Gasteiger partial charge in [0, 0.05) is 6.54 Å². The molecule has 0 saturated heterocycles. The summed E-state index contributed by atoms with van der Waals surface area (Å²) in [5.74, 6) is 0.594. The average molecular weight is 276 g/mol. The van der Waals surface area contributed by atoms with Crippen LogP contribution in [0.5, 0.6) is 5.75 Å². The van der Waals surface area contributed by atoms with Crippen molar-refractivity contribution in [3.63, 3.8) is 0 Å². The number of hydrogen-bond donors (Lipinski definition) is 2. The molecule has 0 unspecified atom stereocenters. The maximum atomic E-state index is 13.8. The lowest BCUT2D eigenvalue weighted by Crippen LogP contribution is -2.06. The first-order chi connectivity index (χ1) is 9.63. The van der Waals surface area contributed by atoms with Gasteiger partial charge in [0.2, 0.25) is 5.95 Å². The Labute approximate surface area is 117 Å². The summed E-state index contributed by atoms with van der Waals surface area (Å²) in [6.07, 6.45) is 1.13. The van der Waals surface area contributed by atoms with E-state index in [4.69, 9.17) is 4.74 Å². The fraction of sp³-hybridized carbons (Fsp3) is 0.286. The molecule has 2 rings (SSSR count). The Morgan fingerprint density at radius 1 is 1.35 bits per heavy atom. The predicted molar refractivity (Wildman–Crippen MR) is 77.2 cm³/mol. The molecule has 6 heteroatoms. The van der Waals surface area contributed by atoms with Crippen LogP contribution in [0.25, 0.3) is 0 Å². The van der Waals surface area contributed by atoms with Crippen LogP contribution in [0.15, 0.2) is 24.4 Å². The average Bonchev–Trinajstić information content (AvgIpc) is 2.43. The van der Waals surface area contributed by atoms with Gasteiger partial charge < -0.3 is 15.4 Å². The fourth-order valence-electron chi connectivity index (χ4n) is 1.75. The molecule has 0 aliphatic carbocycles. The maximum absolute atomic E-state index is 13.8. The number of ether oxygens (including phenoxy) is 1. The van der Waals surface area contributed by atoms with E-state index in [1.54, 1.807) is 7.11 Å². The molecule has 0 aliphatic rings. The van der Waals surface area contributed by atoms with Crippen molar-refractivity contribution in [2.75, 3.05) is 24.3 Å². The van der Waals surface area contributed by atoms with Gasteiger partial charge in [-0.1, -0.05) is 6.07 Å². The number of halogens is 1. The summed E-state index contributed by atoms with van der Waals surface area (Å²) in [5.41, 5.74) is 1.70. The zero-order chi connectivity index (χ0) is 14.5. The standard InChI is InChI=1S/C14H17FN4O/c1-4-16-14-17-8-10(15)13(19-14)18-11-7-9(2)5-6-12(11)20-3/h5-8H,4H2,1-3H3,(H2,16,17,18,19). The van der Waals surface area contributed by atoms with Crippen molar-refractivity contribution in [1.82, 2.24) is 9.97 Å². The highest BCUT2D eigenvalue weighted by Gasteiger charge is 2.10. The van der Waals surface area contributed by atoms with E-state index in [0.717, 1.165) is 11.8 Å². The van der Waals surface area contributed by atoms with Gasteiger partial charge in [-0.25, -0.2) is 9.37 Å². The molecular weight excluding hydrogens is 259 g/mol. The van der Waals surface area contributed by atoms with Crippen LogP contribution in [-0.2, 0) is 0 Å². The molecule has 1 aromatic carbocycles. The quantitative estimate of drug-likeness (QED) is 0.878. The molecule has 20 heavy (non-hydrogen) atoms. The van der Waals surface area contributed by atoms with E-state index in [1.165, 1.54) is 0 Å². The number of nitrogens with one attached hydrogen (secondary N) is 2. The van der Waals surface area contributed by atoms with Gasteiger partial charge >= 0.3 is 0 Å². The molecule has 106 valence electrons. The van der Waals surface area contributed by atoms with Crippen molar-refractivity contribution in [3.05, 3.63) is 35.8 Å². The predicted octanol–water partition coefficient (Wildman–Crippen LogP) is 3.11. The highest BCUT2D eigenvalue weighted by atomic mass is 19.1. The van der Waals surface area contributed by atoms with E-state index >= 15 is 0 Å². The molecule has 0 amide bonds. The summed E-state index contributed by atoms with van der Waals surface area (Å²) >= 11 is 0. The highest BCUT2D eigenvalue weighted by Crippen LogP contribution is 2.28. The fourth-order valence-corrected chi connectivity index (χ4v) is 1.75. The van der Waals surface area contributed by atoms with Gasteiger partial charge in [-0.3, -0.25) is 0 Å². The molecule has 0 radical (unpaired) electrons. The molecule has 1 heterocycles. The van der Waals surface area contributed by atoms with Gasteiger partial charge in [-0.2, -0.15) is 4.98 Å². The monoisotopic (exact) mass is 276 g/mol. The number of anilines is 3. The minimum absolute atomic E-state index is 0.111. The van der Waals surface area contributed by atoms with Crippen LogP contribution in [0.3, 0.4) is 0 Å². The number of methoxy groups -OCH3 is 1. The normalized spacial score (nSPS) is 10.2. The Kier molecular flexibility index (Phi) is 4.34. The Balaban J connectivity index is 2.33. The third-order valence-electron chi connectivity index (χ3n) is 2.69. The second-order valence-electron chi connectivity index (χ2n) is 4.25.